The van der Waals surface area contributed by atoms with Crippen LogP contribution in [-0.4, -0.2) is 32.2 Å². The quantitative estimate of drug-likeness (QED) is 0.750. The third-order valence-corrected chi connectivity index (χ3v) is 2.32. The van der Waals surface area contributed by atoms with E-state index in [1.165, 1.54) is 24.5 Å². The highest BCUT2D eigenvalue weighted by Gasteiger charge is 2.11. The van der Waals surface area contributed by atoms with Crippen molar-refractivity contribution in [2.75, 3.05) is 5.32 Å². The van der Waals surface area contributed by atoms with E-state index in [-0.39, 0.29) is 11.6 Å². The van der Waals surface area contributed by atoms with Gasteiger partial charge in [0.05, 0.1) is 23.6 Å². The fourth-order valence-corrected chi connectivity index (χ4v) is 1.37. The Morgan fingerprint density at radius 3 is 2.61 bits per heavy atom. The van der Waals surface area contributed by atoms with E-state index in [2.05, 4.69) is 20.5 Å². The van der Waals surface area contributed by atoms with Crippen LogP contribution in [0.4, 0.5) is 5.69 Å². The van der Waals surface area contributed by atoms with Crippen LogP contribution in [0.25, 0.3) is 0 Å². The summed E-state index contributed by atoms with van der Waals surface area (Å²) in [6, 6.07) is 2.80. The minimum atomic E-state index is -1.11. The number of carbonyl (C=O) groups is 2. The number of hydrogen-bond donors (Lipinski definition) is 3. The van der Waals surface area contributed by atoms with Crippen LogP contribution in [0.3, 0.4) is 0 Å². The Hall–Kier alpha value is -2.70. The van der Waals surface area contributed by atoms with E-state index in [4.69, 9.17) is 5.11 Å². The minimum Gasteiger partial charge on any atom is -0.477 e. The topological polar surface area (TPSA) is 108 Å². The van der Waals surface area contributed by atoms with Crippen molar-refractivity contribution < 1.29 is 14.7 Å². The van der Waals surface area contributed by atoms with E-state index in [9.17, 15) is 9.59 Å². The Kier molecular flexibility index (Phi) is 3.05. The maximum Gasteiger partial charge on any atom is 0.354 e. The van der Waals surface area contributed by atoms with Crippen LogP contribution in [0.2, 0.25) is 0 Å². The predicted molar refractivity (Wildman–Crippen MR) is 62.5 cm³/mol. The second kappa shape index (κ2) is 4.66. The number of aromatic nitrogens is 3. The Morgan fingerprint density at radius 1 is 1.33 bits per heavy atom. The summed E-state index contributed by atoms with van der Waals surface area (Å²) in [7, 11) is 0. The van der Waals surface area contributed by atoms with Gasteiger partial charge >= 0.3 is 5.97 Å². The number of carboxylic acid groups (broad SMARTS) is 1. The SMILES string of the molecule is Cc1[nH]ncc1C(=O)Nc1ccc(C(=O)O)nc1. The van der Waals surface area contributed by atoms with Crippen molar-refractivity contribution >= 4 is 17.6 Å². The lowest BCUT2D eigenvalue weighted by atomic mass is 10.2. The molecular formula is C11H10N4O3. The zero-order valence-corrected chi connectivity index (χ0v) is 9.47. The molecule has 2 heterocycles. The lowest BCUT2D eigenvalue weighted by Gasteiger charge is -2.03. The average Bonchev–Trinajstić information content (AvgIpc) is 2.76. The minimum absolute atomic E-state index is 0.0764. The van der Waals surface area contributed by atoms with Crippen LogP contribution in [0.1, 0.15) is 26.5 Å². The molecule has 92 valence electrons. The predicted octanol–water partition coefficient (Wildman–Crippen LogP) is 1.06. The molecule has 0 saturated heterocycles. The van der Waals surface area contributed by atoms with Gasteiger partial charge in [-0.3, -0.25) is 9.89 Å². The van der Waals surface area contributed by atoms with Crippen LogP contribution in [-0.2, 0) is 0 Å². The Balaban J connectivity index is 2.13. The van der Waals surface area contributed by atoms with Gasteiger partial charge < -0.3 is 10.4 Å². The Bertz CT molecular complexity index is 589. The van der Waals surface area contributed by atoms with Crippen LogP contribution in [0.5, 0.6) is 0 Å². The molecule has 2 aromatic rings. The number of pyridine rings is 1. The molecule has 2 aromatic heterocycles. The maximum absolute atomic E-state index is 11.8. The fourth-order valence-electron chi connectivity index (χ4n) is 1.37. The summed E-state index contributed by atoms with van der Waals surface area (Å²) in [5.41, 5.74) is 1.43. The maximum atomic E-state index is 11.8. The number of aromatic carboxylic acids is 1. The molecule has 0 aromatic carbocycles. The normalized spacial score (nSPS) is 10.1. The van der Waals surface area contributed by atoms with Crippen LogP contribution in [0, 0.1) is 6.92 Å². The van der Waals surface area contributed by atoms with Crippen molar-refractivity contribution in [3.05, 3.63) is 41.5 Å². The molecular weight excluding hydrogens is 236 g/mol. The molecule has 7 nitrogen and oxygen atoms in total. The molecule has 0 saturated carbocycles. The van der Waals surface area contributed by atoms with Crippen molar-refractivity contribution in [1.82, 2.24) is 15.2 Å². The number of carbonyl (C=O) groups excluding carboxylic acids is 1. The van der Waals surface area contributed by atoms with Gasteiger partial charge in [0, 0.05) is 5.69 Å². The van der Waals surface area contributed by atoms with E-state index >= 15 is 0 Å². The molecule has 7 heteroatoms. The molecule has 0 atom stereocenters. The van der Waals surface area contributed by atoms with Crippen LogP contribution >= 0.6 is 0 Å². The first-order valence-electron chi connectivity index (χ1n) is 5.08. The summed E-state index contributed by atoms with van der Waals surface area (Å²) >= 11 is 0. The third-order valence-electron chi connectivity index (χ3n) is 2.32. The van der Waals surface area contributed by atoms with Gasteiger partial charge in [-0.1, -0.05) is 0 Å². The molecule has 0 aliphatic heterocycles. The average molecular weight is 246 g/mol. The van der Waals surface area contributed by atoms with Gasteiger partial charge in [-0.2, -0.15) is 5.10 Å². The summed E-state index contributed by atoms with van der Waals surface area (Å²) < 4.78 is 0. The smallest absolute Gasteiger partial charge is 0.354 e. The number of anilines is 1. The molecule has 3 N–H and O–H groups in total. The lowest BCUT2D eigenvalue weighted by molar-refractivity contribution is 0.0690. The molecule has 0 aliphatic carbocycles. The number of amides is 1. The zero-order chi connectivity index (χ0) is 13.1. The van der Waals surface area contributed by atoms with Crippen molar-refractivity contribution in [3.8, 4) is 0 Å². The van der Waals surface area contributed by atoms with Crippen LogP contribution in [0.15, 0.2) is 24.5 Å². The third kappa shape index (κ3) is 2.34. The lowest BCUT2D eigenvalue weighted by Crippen LogP contribution is -2.13. The standard InChI is InChI=1S/C11H10N4O3/c1-6-8(5-13-15-6)10(16)14-7-2-3-9(11(17)18)12-4-7/h2-5H,1H3,(H,13,15)(H,14,16)(H,17,18). The van der Waals surface area contributed by atoms with E-state index in [0.29, 0.717) is 16.9 Å². The van der Waals surface area contributed by atoms with E-state index in [0.717, 1.165) is 0 Å². The number of aryl methyl sites for hydroxylation is 1. The number of rotatable bonds is 3. The van der Waals surface area contributed by atoms with Gasteiger partial charge in [0.25, 0.3) is 5.91 Å². The van der Waals surface area contributed by atoms with Crippen molar-refractivity contribution in [2.45, 2.75) is 6.92 Å². The molecule has 0 unspecified atom stereocenters. The number of aromatic amines is 1. The van der Waals surface area contributed by atoms with Gasteiger partial charge in [-0.25, -0.2) is 9.78 Å². The number of nitrogens with zero attached hydrogens (tertiary/aromatic N) is 2. The molecule has 2 rings (SSSR count). The van der Waals surface area contributed by atoms with E-state index in [1.54, 1.807) is 6.92 Å². The molecule has 0 fully saturated rings. The Morgan fingerprint density at radius 2 is 2.11 bits per heavy atom. The summed E-state index contributed by atoms with van der Waals surface area (Å²) in [6.45, 7) is 1.73. The number of hydrogen-bond acceptors (Lipinski definition) is 4. The number of nitrogens with one attached hydrogen (secondary N) is 2. The first kappa shape index (κ1) is 11.8. The monoisotopic (exact) mass is 246 g/mol. The summed E-state index contributed by atoms with van der Waals surface area (Å²) in [6.07, 6.45) is 2.71. The second-order valence-electron chi connectivity index (χ2n) is 3.60. The van der Waals surface area contributed by atoms with Gasteiger partial charge in [-0.15, -0.1) is 0 Å². The zero-order valence-electron chi connectivity index (χ0n) is 9.47. The van der Waals surface area contributed by atoms with Crippen molar-refractivity contribution in [3.63, 3.8) is 0 Å². The number of H-pyrrole nitrogens is 1. The first-order valence-corrected chi connectivity index (χ1v) is 5.08. The highest BCUT2D eigenvalue weighted by molar-refractivity contribution is 6.04. The first-order chi connectivity index (χ1) is 8.58. The molecule has 0 aliphatic rings. The summed E-state index contributed by atoms with van der Waals surface area (Å²) in [4.78, 5) is 26.1. The summed E-state index contributed by atoms with van der Waals surface area (Å²) in [5.74, 6) is -1.44. The number of carboxylic acids is 1. The van der Waals surface area contributed by atoms with Gasteiger partial charge in [0.2, 0.25) is 0 Å². The van der Waals surface area contributed by atoms with Crippen molar-refractivity contribution in [1.29, 1.82) is 0 Å². The molecule has 0 radical (unpaired) electrons. The molecule has 0 bridgehead atoms. The van der Waals surface area contributed by atoms with Crippen LogP contribution < -0.4 is 5.32 Å². The Labute approximate surface area is 102 Å². The van der Waals surface area contributed by atoms with Gasteiger partial charge in [0.1, 0.15) is 5.69 Å². The fraction of sp³-hybridized carbons (Fsp3) is 0.0909. The molecule has 1 amide bonds. The van der Waals surface area contributed by atoms with Gasteiger partial charge in [0.15, 0.2) is 0 Å². The highest BCUT2D eigenvalue weighted by atomic mass is 16.4. The van der Waals surface area contributed by atoms with E-state index < -0.39 is 5.97 Å². The molecule has 0 spiro atoms. The van der Waals surface area contributed by atoms with Gasteiger partial charge in [-0.05, 0) is 19.1 Å². The van der Waals surface area contributed by atoms with E-state index in [1.807, 2.05) is 0 Å². The second-order valence-corrected chi connectivity index (χ2v) is 3.60. The van der Waals surface area contributed by atoms with Crippen molar-refractivity contribution in [2.24, 2.45) is 0 Å². The largest absolute Gasteiger partial charge is 0.477 e. The highest BCUT2D eigenvalue weighted by Crippen LogP contribution is 2.10. The summed E-state index contributed by atoms with van der Waals surface area (Å²) in [5, 5.41) is 17.7. The molecule has 18 heavy (non-hydrogen) atoms.